The smallest absolute Gasteiger partial charge is 0.303 e. The fraction of sp³-hybridized carbons (Fsp3) is 0.562. The van der Waals surface area contributed by atoms with Crippen molar-refractivity contribution in [2.24, 2.45) is 29.6 Å². The zero-order valence-corrected chi connectivity index (χ0v) is 24.0. The van der Waals surface area contributed by atoms with Crippen molar-refractivity contribution in [1.82, 2.24) is 9.80 Å². The number of imide groups is 2. The number of hydrogen-bond donors (Lipinski definition) is 3. The van der Waals surface area contributed by atoms with E-state index in [1.54, 1.807) is 12.1 Å². The Morgan fingerprint density at radius 3 is 1.77 bits per heavy atom. The Bertz CT molecular complexity index is 1340. The Labute approximate surface area is 249 Å². The first-order valence-corrected chi connectivity index (χ1v) is 15.2. The molecule has 5 rings (SSSR count). The number of amides is 4. The molecule has 230 valence electrons. The Morgan fingerprint density at radius 2 is 1.21 bits per heavy atom. The van der Waals surface area contributed by atoms with Crippen molar-refractivity contribution in [1.29, 1.82) is 0 Å². The molecule has 0 radical (unpaired) electrons. The number of aliphatic carboxylic acids is 2. The van der Waals surface area contributed by atoms with Crippen LogP contribution >= 0.6 is 0 Å². The summed E-state index contributed by atoms with van der Waals surface area (Å²) in [6, 6.07) is 6.56. The molecule has 4 aliphatic rings. The third-order valence-electron chi connectivity index (χ3n) is 9.63. The third-order valence-corrected chi connectivity index (χ3v) is 9.63. The number of carbonyl (C=O) groups excluding carboxylic acids is 4. The van der Waals surface area contributed by atoms with Crippen LogP contribution in [0.25, 0.3) is 0 Å². The normalized spacial score (nSPS) is 28.0. The van der Waals surface area contributed by atoms with E-state index < -0.39 is 41.5 Å². The van der Waals surface area contributed by atoms with Gasteiger partial charge in [-0.25, -0.2) is 0 Å². The average Bonchev–Trinajstić information content (AvgIpc) is 3.35. The van der Waals surface area contributed by atoms with Gasteiger partial charge in [0.2, 0.25) is 23.6 Å². The number of phenols is 1. The van der Waals surface area contributed by atoms with Crippen molar-refractivity contribution in [3.63, 3.8) is 0 Å². The van der Waals surface area contributed by atoms with Gasteiger partial charge in [0.15, 0.2) is 0 Å². The van der Waals surface area contributed by atoms with Crippen LogP contribution in [0.5, 0.6) is 5.75 Å². The van der Waals surface area contributed by atoms with Crippen LogP contribution < -0.4 is 0 Å². The molecule has 2 heterocycles. The van der Waals surface area contributed by atoms with Crippen molar-refractivity contribution in [2.45, 2.75) is 70.1 Å². The zero-order valence-electron chi connectivity index (χ0n) is 24.0. The standard InChI is InChI=1S/C32H38N2O9/c35-19-11-9-18(10-12-19)26-20-13-14-21-27(31(42)33(29(21)40)15-5-1-3-7-24(36)37)22(20)17-23-28(26)32(43)34(30(23)41)16-6-2-4-8-25(38)39/h9-13,21-23,26-28,35H,1-8,14-17H2,(H,36,37)(H,38,39). The highest BCUT2D eigenvalue weighted by atomic mass is 16.4. The van der Waals surface area contributed by atoms with E-state index in [1.807, 2.05) is 6.08 Å². The summed E-state index contributed by atoms with van der Waals surface area (Å²) in [6.45, 7) is 0.433. The van der Waals surface area contributed by atoms with Gasteiger partial charge in [-0.2, -0.15) is 0 Å². The van der Waals surface area contributed by atoms with Gasteiger partial charge in [0.1, 0.15) is 5.75 Å². The van der Waals surface area contributed by atoms with Gasteiger partial charge >= 0.3 is 11.9 Å². The third kappa shape index (κ3) is 5.94. The first kappa shape index (κ1) is 30.4. The Morgan fingerprint density at radius 1 is 0.674 bits per heavy atom. The number of carbonyl (C=O) groups is 6. The van der Waals surface area contributed by atoms with Gasteiger partial charge in [-0.05, 0) is 62.1 Å². The van der Waals surface area contributed by atoms with Gasteiger partial charge in [0.25, 0.3) is 0 Å². The van der Waals surface area contributed by atoms with Crippen molar-refractivity contribution in [2.75, 3.05) is 13.1 Å². The number of aromatic hydroxyl groups is 1. The molecule has 6 atom stereocenters. The summed E-state index contributed by atoms with van der Waals surface area (Å²) in [6.07, 6.45) is 5.79. The lowest BCUT2D eigenvalue weighted by atomic mass is 9.57. The molecule has 2 aliphatic carbocycles. The fourth-order valence-corrected chi connectivity index (χ4v) is 7.66. The monoisotopic (exact) mass is 594 g/mol. The summed E-state index contributed by atoms with van der Waals surface area (Å²) < 4.78 is 0. The van der Waals surface area contributed by atoms with E-state index in [2.05, 4.69) is 0 Å². The second-order valence-electron chi connectivity index (χ2n) is 12.2. The minimum Gasteiger partial charge on any atom is -0.508 e. The molecule has 11 nitrogen and oxygen atoms in total. The second kappa shape index (κ2) is 12.7. The van der Waals surface area contributed by atoms with E-state index in [-0.39, 0.29) is 67.6 Å². The van der Waals surface area contributed by atoms with Gasteiger partial charge in [0, 0.05) is 31.8 Å². The molecule has 6 unspecified atom stereocenters. The highest BCUT2D eigenvalue weighted by Gasteiger charge is 2.61. The van der Waals surface area contributed by atoms with E-state index >= 15 is 0 Å². The predicted molar refractivity (Wildman–Crippen MR) is 151 cm³/mol. The van der Waals surface area contributed by atoms with E-state index in [4.69, 9.17) is 10.2 Å². The number of carboxylic acids is 2. The fourth-order valence-electron chi connectivity index (χ4n) is 7.66. The van der Waals surface area contributed by atoms with Gasteiger partial charge in [0.05, 0.1) is 23.7 Å². The predicted octanol–water partition coefficient (Wildman–Crippen LogP) is 3.32. The van der Waals surface area contributed by atoms with Crippen LogP contribution in [0.2, 0.25) is 0 Å². The van der Waals surface area contributed by atoms with Crippen molar-refractivity contribution >= 4 is 35.6 Å². The summed E-state index contributed by atoms with van der Waals surface area (Å²) in [5.41, 5.74) is 1.65. The highest BCUT2D eigenvalue weighted by Crippen LogP contribution is 2.57. The van der Waals surface area contributed by atoms with E-state index in [9.17, 15) is 33.9 Å². The van der Waals surface area contributed by atoms with E-state index in [0.29, 0.717) is 44.9 Å². The first-order valence-electron chi connectivity index (χ1n) is 15.2. The summed E-state index contributed by atoms with van der Waals surface area (Å²) >= 11 is 0. The van der Waals surface area contributed by atoms with Crippen LogP contribution in [0.15, 0.2) is 35.9 Å². The second-order valence-corrected chi connectivity index (χ2v) is 12.2. The molecule has 1 aromatic carbocycles. The number of unbranched alkanes of at least 4 members (excludes halogenated alkanes) is 4. The molecule has 0 aromatic heterocycles. The summed E-state index contributed by atoms with van der Waals surface area (Å²) in [7, 11) is 0. The lowest BCUT2D eigenvalue weighted by Crippen LogP contribution is -2.43. The van der Waals surface area contributed by atoms with Crippen LogP contribution in [0.1, 0.15) is 75.7 Å². The lowest BCUT2D eigenvalue weighted by Gasteiger charge is -2.44. The number of nitrogens with zero attached hydrogens (tertiary/aromatic N) is 2. The van der Waals surface area contributed by atoms with E-state index in [0.717, 1.165) is 11.1 Å². The number of allylic oxidation sites excluding steroid dienone is 2. The molecule has 43 heavy (non-hydrogen) atoms. The molecule has 0 spiro atoms. The number of hydrogen-bond acceptors (Lipinski definition) is 7. The minimum atomic E-state index is -0.887. The van der Waals surface area contributed by atoms with Crippen LogP contribution in [0, 0.1) is 29.6 Å². The average molecular weight is 595 g/mol. The molecular weight excluding hydrogens is 556 g/mol. The number of phenolic OH excluding ortho intramolecular Hbond substituents is 1. The van der Waals surface area contributed by atoms with Crippen molar-refractivity contribution in [3.8, 4) is 5.75 Å². The Hall–Kier alpha value is -4.02. The molecule has 2 saturated heterocycles. The zero-order chi connectivity index (χ0) is 30.8. The number of benzene rings is 1. The maximum absolute atomic E-state index is 13.8. The molecule has 11 heteroatoms. The van der Waals surface area contributed by atoms with Crippen molar-refractivity contribution < 1.29 is 44.1 Å². The molecule has 1 saturated carbocycles. The summed E-state index contributed by atoms with van der Waals surface area (Å²) in [5, 5.41) is 27.7. The van der Waals surface area contributed by atoms with Gasteiger partial charge in [-0.3, -0.25) is 38.6 Å². The summed E-state index contributed by atoms with van der Waals surface area (Å²) in [4.78, 5) is 79.0. The van der Waals surface area contributed by atoms with E-state index in [1.165, 1.54) is 21.9 Å². The van der Waals surface area contributed by atoms with Gasteiger partial charge in [-0.1, -0.05) is 36.6 Å². The molecule has 1 aromatic rings. The Kier molecular flexibility index (Phi) is 8.98. The minimum absolute atomic E-state index is 0.0283. The molecule has 2 aliphatic heterocycles. The Balaban J connectivity index is 1.38. The van der Waals surface area contributed by atoms with Crippen LogP contribution in [0.3, 0.4) is 0 Å². The highest BCUT2D eigenvalue weighted by molar-refractivity contribution is 6.08. The van der Waals surface area contributed by atoms with Crippen LogP contribution in [-0.2, 0) is 28.8 Å². The van der Waals surface area contributed by atoms with Crippen LogP contribution in [-0.4, -0.2) is 73.8 Å². The molecule has 0 bridgehead atoms. The number of fused-ring (bicyclic) bond motifs is 4. The van der Waals surface area contributed by atoms with Gasteiger partial charge < -0.3 is 15.3 Å². The van der Waals surface area contributed by atoms with Crippen molar-refractivity contribution in [3.05, 3.63) is 41.5 Å². The topological polar surface area (TPSA) is 170 Å². The quantitative estimate of drug-likeness (QED) is 0.176. The van der Waals surface area contributed by atoms with Crippen LogP contribution in [0.4, 0.5) is 0 Å². The number of carboxylic acid groups (broad SMARTS) is 2. The SMILES string of the molecule is O=C(O)CCCCCN1C(=O)C2CC=C3C(CC4C(=O)N(CCCCCC(=O)O)C(=O)C4C3c3ccc(O)cc3)C2C1=O. The first-order chi connectivity index (χ1) is 20.6. The largest absolute Gasteiger partial charge is 0.508 e. The number of rotatable bonds is 13. The summed E-state index contributed by atoms with van der Waals surface area (Å²) in [5.74, 6) is -6.10. The maximum atomic E-state index is 13.8. The molecular formula is C32H38N2O9. The maximum Gasteiger partial charge on any atom is 0.303 e. The molecule has 3 fully saturated rings. The molecule has 3 N–H and O–H groups in total. The lowest BCUT2D eigenvalue weighted by molar-refractivity contribution is -0.142. The number of likely N-dealkylation sites (tertiary alicyclic amines) is 2. The molecule has 4 amide bonds. The van der Waals surface area contributed by atoms with Gasteiger partial charge in [-0.15, -0.1) is 0 Å².